The third kappa shape index (κ3) is 3.46. The van der Waals surface area contributed by atoms with Crippen molar-refractivity contribution in [1.29, 1.82) is 0 Å². The number of hydrogen-bond acceptors (Lipinski definition) is 5. The third-order valence-electron chi connectivity index (χ3n) is 1.52. The second-order valence-corrected chi connectivity index (χ2v) is 2.64. The minimum atomic E-state index is -0.514. The summed E-state index contributed by atoms with van der Waals surface area (Å²) in [7, 11) is 0. The van der Waals surface area contributed by atoms with E-state index in [9.17, 15) is 4.79 Å². The quantitative estimate of drug-likeness (QED) is 0.408. The van der Waals surface area contributed by atoms with Crippen molar-refractivity contribution in [3.8, 4) is 6.08 Å². The average molecular weight is 211 g/mol. The van der Waals surface area contributed by atoms with Crippen LogP contribution in [0.25, 0.3) is 0 Å². The summed E-state index contributed by atoms with van der Waals surface area (Å²) in [6.07, 6.45) is 3.69. The van der Waals surface area contributed by atoms with Gasteiger partial charge in [0.25, 0.3) is 0 Å². The van der Waals surface area contributed by atoms with E-state index in [1.807, 2.05) is 0 Å². The molecule has 1 rings (SSSR count). The molecule has 5 nitrogen and oxygen atoms in total. The summed E-state index contributed by atoms with van der Waals surface area (Å²) in [6.45, 7) is 5.99. The van der Waals surface area contributed by atoms with E-state index in [4.69, 9.17) is 13.9 Å². The zero-order valence-electron chi connectivity index (χ0n) is 8.56. The van der Waals surface area contributed by atoms with Gasteiger partial charge in [-0.25, -0.2) is 4.79 Å². The number of rotatable bonds is 6. The molecule has 0 atom stereocenters. The van der Waals surface area contributed by atoms with Crippen molar-refractivity contribution in [2.45, 2.75) is 13.3 Å². The van der Waals surface area contributed by atoms with Crippen molar-refractivity contribution in [3.05, 3.63) is 24.6 Å². The maximum Gasteiger partial charge on any atom is 0.394 e. The summed E-state index contributed by atoms with van der Waals surface area (Å²) in [6, 6.07) is 0. The van der Waals surface area contributed by atoms with Crippen LogP contribution < -0.4 is 4.74 Å². The van der Waals surface area contributed by atoms with Crippen LogP contribution in [0.5, 0.6) is 6.08 Å². The van der Waals surface area contributed by atoms with Gasteiger partial charge < -0.3 is 13.9 Å². The Morgan fingerprint density at radius 1 is 1.73 bits per heavy atom. The highest BCUT2D eigenvalue weighted by Crippen LogP contribution is 2.11. The minimum absolute atomic E-state index is 0.0694. The van der Waals surface area contributed by atoms with Gasteiger partial charge in [0, 0.05) is 0 Å². The first-order valence-corrected chi connectivity index (χ1v) is 4.64. The van der Waals surface area contributed by atoms with Crippen molar-refractivity contribution in [2.24, 2.45) is 0 Å². The van der Waals surface area contributed by atoms with Gasteiger partial charge in [-0.05, 0) is 13.3 Å². The lowest BCUT2D eigenvalue weighted by Crippen LogP contribution is -2.05. The van der Waals surface area contributed by atoms with Crippen LogP contribution in [0.2, 0.25) is 0 Å². The number of nitrogens with zero attached hydrogens (tertiary/aromatic N) is 1. The zero-order valence-corrected chi connectivity index (χ0v) is 8.56. The summed E-state index contributed by atoms with van der Waals surface area (Å²) in [4.78, 5) is 15.0. The number of oxazole rings is 1. The molecule has 0 amide bonds. The van der Waals surface area contributed by atoms with E-state index >= 15 is 0 Å². The monoisotopic (exact) mass is 211 g/mol. The lowest BCUT2D eigenvalue weighted by molar-refractivity contribution is 0.0519. The van der Waals surface area contributed by atoms with Gasteiger partial charge in [-0.2, -0.15) is 4.98 Å². The Hall–Kier alpha value is -1.78. The Morgan fingerprint density at radius 3 is 3.20 bits per heavy atom. The maximum absolute atomic E-state index is 11.2. The third-order valence-corrected chi connectivity index (χ3v) is 1.52. The Kier molecular flexibility index (Phi) is 4.40. The van der Waals surface area contributed by atoms with Crippen molar-refractivity contribution < 1.29 is 18.7 Å². The summed E-state index contributed by atoms with van der Waals surface area (Å²) >= 11 is 0. The molecule has 0 fully saturated rings. The van der Waals surface area contributed by atoms with Crippen LogP contribution >= 0.6 is 0 Å². The van der Waals surface area contributed by atoms with Crippen molar-refractivity contribution >= 4 is 5.97 Å². The zero-order chi connectivity index (χ0) is 11.1. The summed E-state index contributed by atoms with van der Waals surface area (Å²) in [5.41, 5.74) is 0.116. The second-order valence-electron chi connectivity index (χ2n) is 2.64. The SMILES string of the molecule is C=CCCOc1nc(C(=O)OCC)co1. The highest BCUT2D eigenvalue weighted by atomic mass is 16.6. The number of hydrogen-bond donors (Lipinski definition) is 0. The van der Waals surface area contributed by atoms with Crippen molar-refractivity contribution in [2.75, 3.05) is 13.2 Å². The van der Waals surface area contributed by atoms with Gasteiger partial charge in [0.05, 0.1) is 13.2 Å². The van der Waals surface area contributed by atoms with Gasteiger partial charge in [0.15, 0.2) is 5.69 Å². The average Bonchev–Trinajstić information content (AvgIpc) is 2.67. The smallest absolute Gasteiger partial charge is 0.394 e. The molecule has 0 aliphatic rings. The molecule has 1 aromatic heterocycles. The topological polar surface area (TPSA) is 61.6 Å². The lowest BCUT2D eigenvalue weighted by Gasteiger charge is -1.96. The molecule has 0 aliphatic heterocycles. The Morgan fingerprint density at radius 2 is 2.53 bits per heavy atom. The Bertz CT molecular complexity index is 332. The van der Waals surface area contributed by atoms with Crippen molar-refractivity contribution in [3.63, 3.8) is 0 Å². The van der Waals surface area contributed by atoms with E-state index in [1.165, 1.54) is 6.26 Å². The highest BCUT2D eigenvalue weighted by Gasteiger charge is 2.13. The molecule has 0 N–H and O–H groups in total. The van der Waals surface area contributed by atoms with Gasteiger partial charge in [-0.3, -0.25) is 0 Å². The molecule has 0 aromatic carbocycles. The number of ether oxygens (including phenoxy) is 2. The molecule has 0 aliphatic carbocycles. The predicted octanol–water partition coefficient (Wildman–Crippen LogP) is 1.81. The Balaban J connectivity index is 2.48. The van der Waals surface area contributed by atoms with Crippen LogP contribution in [0.15, 0.2) is 23.3 Å². The summed E-state index contributed by atoms with van der Waals surface area (Å²) < 4.78 is 14.7. The van der Waals surface area contributed by atoms with Gasteiger partial charge >= 0.3 is 12.0 Å². The van der Waals surface area contributed by atoms with E-state index in [0.29, 0.717) is 19.6 Å². The van der Waals surface area contributed by atoms with Gasteiger partial charge in [-0.15, -0.1) is 6.58 Å². The molecule has 82 valence electrons. The summed E-state index contributed by atoms with van der Waals surface area (Å²) in [5.74, 6) is -0.514. The first-order chi connectivity index (χ1) is 7.27. The fourth-order valence-corrected chi connectivity index (χ4v) is 0.852. The molecule has 0 radical (unpaired) electrons. The highest BCUT2D eigenvalue weighted by molar-refractivity contribution is 5.86. The Labute approximate surface area is 87.7 Å². The molecule has 1 heterocycles. The van der Waals surface area contributed by atoms with Gasteiger partial charge in [0.2, 0.25) is 0 Å². The van der Waals surface area contributed by atoms with Gasteiger partial charge in [0.1, 0.15) is 6.26 Å². The molecular weight excluding hydrogens is 198 g/mol. The first-order valence-electron chi connectivity index (χ1n) is 4.64. The number of esters is 1. The molecule has 0 saturated carbocycles. The van der Waals surface area contributed by atoms with Crippen LogP contribution in [0.4, 0.5) is 0 Å². The van der Waals surface area contributed by atoms with Crippen LogP contribution in [-0.4, -0.2) is 24.2 Å². The van der Waals surface area contributed by atoms with E-state index < -0.39 is 5.97 Å². The fourth-order valence-electron chi connectivity index (χ4n) is 0.852. The van der Waals surface area contributed by atoms with Crippen LogP contribution in [0.3, 0.4) is 0 Å². The molecule has 5 heteroatoms. The number of carbonyl (C=O) groups is 1. The molecule has 1 aromatic rings. The molecule has 0 unspecified atom stereocenters. The number of carbonyl (C=O) groups excluding carboxylic acids is 1. The number of aromatic nitrogens is 1. The van der Waals surface area contributed by atoms with E-state index in [2.05, 4.69) is 11.6 Å². The molecule has 0 bridgehead atoms. The van der Waals surface area contributed by atoms with Gasteiger partial charge in [-0.1, -0.05) is 6.08 Å². The van der Waals surface area contributed by atoms with E-state index in [-0.39, 0.29) is 11.8 Å². The van der Waals surface area contributed by atoms with E-state index in [1.54, 1.807) is 13.0 Å². The standard InChI is InChI=1S/C10H13NO4/c1-3-5-6-14-10-11-8(7-15-10)9(12)13-4-2/h3,7H,1,4-6H2,2H3. The molecule has 15 heavy (non-hydrogen) atoms. The molecular formula is C10H13NO4. The maximum atomic E-state index is 11.2. The van der Waals surface area contributed by atoms with Crippen molar-refractivity contribution in [1.82, 2.24) is 4.98 Å². The second kappa shape index (κ2) is 5.85. The lowest BCUT2D eigenvalue weighted by atomic mass is 10.5. The van der Waals surface area contributed by atoms with Crippen LogP contribution in [0.1, 0.15) is 23.8 Å². The normalized spacial score (nSPS) is 9.67. The minimum Gasteiger partial charge on any atom is -0.461 e. The van der Waals surface area contributed by atoms with Crippen LogP contribution in [0, 0.1) is 0 Å². The molecule has 0 spiro atoms. The van der Waals surface area contributed by atoms with Crippen LogP contribution in [-0.2, 0) is 4.74 Å². The predicted molar refractivity (Wildman–Crippen MR) is 52.8 cm³/mol. The fraction of sp³-hybridized carbons (Fsp3) is 0.400. The largest absolute Gasteiger partial charge is 0.461 e. The van der Waals surface area contributed by atoms with E-state index in [0.717, 1.165) is 0 Å². The first kappa shape index (κ1) is 11.3. The molecule has 0 saturated heterocycles. The summed E-state index contributed by atoms with van der Waals surface area (Å²) in [5, 5.41) is 0.